The van der Waals surface area contributed by atoms with Crippen LogP contribution < -0.4 is 0 Å². The first-order valence-electron chi connectivity index (χ1n) is 18.1. The Morgan fingerprint density at radius 3 is 1.85 bits per heavy atom. The Kier molecular flexibility index (Phi) is 8.50. The lowest BCUT2D eigenvalue weighted by molar-refractivity contribution is 0.425. The first-order chi connectivity index (χ1) is 26.8. The number of allylic oxidation sites excluding steroid dienone is 8. The number of benzene rings is 5. The standard InChI is InChI=1S/C46H32B3N5O/c1-27(47)39(43(55)41(49)28(2)48)33-20-10-13-23-36(33)53-37-24-14-11-21-34(37)40-38(53)26-25-32-31-19-9-12-22-35(31)54(42(32)40)46-51-44(29-15-5-3-6-16-29)50-45(52-46)30-17-7-4-8-18-30/h3-12,14-22,24-26,55H,1,13,23H2,2H3/b41-28-,43-39-. The van der Waals surface area contributed by atoms with Crippen LogP contribution in [0.25, 0.3) is 78.0 Å². The lowest BCUT2D eigenvalue weighted by Gasteiger charge is -2.23. The van der Waals surface area contributed by atoms with Crippen molar-refractivity contribution in [2.45, 2.75) is 19.8 Å². The van der Waals surface area contributed by atoms with Gasteiger partial charge in [0, 0.05) is 49.5 Å². The van der Waals surface area contributed by atoms with Crippen molar-refractivity contribution < 1.29 is 5.11 Å². The van der Waals surface area contributed by atoms with Crippen LogP contribution in [-0.2, 0) is 0 Å². The van der Waals surface area contributed by atoms with Gasteiger partial charge in [0.1, 0.15) is 29.3 Å². The van der Waals surface area contributed by atoms with Gasteiger partial charge in [-0.15, -0.1) is 12.1 Å². The molecule has 55 heavy (non-hydrogen) atoms. The fourth-order valence-electron chi connectivity index (χ4n) is 7.79. The highest BCUT2D eigenvalue weighted by atomic mass is 16.3. The van der Waals surface area contributed by atoms with Crippen LogP contribution in [0, 0.1) is 0 Å². The highest BCUT2D eigenvalue weighted by Crippen LogP contribution is 2.44. The van der Waals surface area contributed by atoms with E-state index in [2.05, 4.69) is 70.3 Å². The van der Waals surface area contributed by atoms with Gasteiger partial charge in [0.2, 0.25) is 5.95 Å². The maximum Gasteiger partial charge on any atom is 0.238 e. The topological polar surface area (TPSA) is 68.8 Å². The van der Waals surface area contributed by atoms with E-state index in [4.69, 9.17) is 38.5 Å². The van der Waals surface area contributed by atoms with Gasteiger partial charge in [-0.25, -0.2) is 4.98 Å². The molecule has 3 aromatic heterocycles. The highest BCUT2D eigenvalue weighted by molar-refractivity contribution is 6.33. The zero-order chi connectivity index (χ0) is 37.8. The van der Waals surface area contributed by atoms with Crippen LogP contribution in [0.4, 0.5) is 0 Å². The third-order valence-corrected chi connectivity index (χ3v) is 10.3. The second-order valence-corrected chi connectivity index (χ2v) is 13.7. The molecule has 0 spiro atoms. The molecule has 0 aliphatic heterocycles. The van der Waals surface area contributed by atoms with E-state index in [-0.39, 0.29) is 22.2 Å². The monoisotopic (exact) mass is 703 g/mol. The first kappa shape index (κ1) is 34.2. The van der Waals surface area contributed by atoms with Crippen molar-refractivity contribution in [3.05, 3.63) is 173 Å². The molecule has 0 fully saturated rings. The van der Waals surface area contributed by atoms with E-state index < -0.39 is 0 Å². The van der Waals surface area contributed by atoms with Crippen molar-refractivity contribution in [3.63, 3.8) is 0 Å². The van der Waals surface area contributed by atoms with Crippen LogP contribution in [0.5, 0.6) is 0 Å². The second kappa shape index (κ2) is 13.7. The molecule has 0 atom stereocenters. The Balaban J connectivity index is 1.43. The number of para-hydroxylation sites is 2. The lowest BCUT2D eigenvalue weighted by Crippen LogP contribution is -2.09. The van der Waals surface area contributed by atoms with E-state index in [0.29, 0.717) is 29.6 Å². The SMILES string of the molecule is [B]C(=C)/C(C1=C(n2c3ccccc3c3c2ccc2c4ccccc4n(-c4nc(-c5ccccc5)nc(-c5ccccc5)n4)c23)CCC=C1)=C(O)\C([B])=C(\[B])C. The Hall–Kier alpha value is -6.60. The molecule has 0 unspecified atom stereocenters. The molecule has 9 rings (SSSR count). The number of fused-ring (bicyclic) bond motifs is 7. The zero-order valence-corrected chi connectivity index (χ0v) is 30.2. The van der Waals surface area contributed by atoms with Crippen molar-refractivity contribution >= 4 is 72.8 Å². The van der Waals surface area contributed by atoms with Crippen molar-refractivity contribution in [2.75, 3.05) is 0 Å². The van der Waals surface area contributed by atoms with E-state index >= 15 is 0 Å². The van der Waals surface area contributed by atoms with E-state index in [1.807, 2.05) is 78.9 Å². The van der Waals surface area contributed by atoms with Crippen molar-refractivity contribution in [1.29, 1.82) is 0 Å². The minimum absolute atomic E-state index is 0.0583. The van der Waals surface area contributed by atoms with E-state index in [1.165, 1.54) is 0 Å². The molecule has 5 aromatic carbocycles. The summed E-state index contributed by atoms with van der Waals surface area (Å²) in [5, 5.41) is 15.7. The van der Waals surface area contributed by atoms with Crippen molar-refractivity contribution in [2.24, 2.45) is 0 Å². The third kappa shape index (κ3) is 5.66. The van der Waals surface area contributed by atoms with Crippen LogP contribution in [0.2, 0.25) is 0 Å². The quantitative estimate of drug-likeness (QED) is 0.102. The minimum Gasteiger partial charge on any atom is -0.508 e. The summed E-state index contributed by atoms with van der Waals surface area (Å²) in [5.41, 5.74) is 8.25. The van der Waals surface area contributed by atoms with Gasteiger partial charge in [-0.2, -0.15) is 9.97 Å². The van der Waals surface area contributed by atoms with Crippen LogP contribution in [-0.4, -0.2) is 52.7 Å². The van der Waals surface area contributed by atoms with Gasteiger partial charge in [-0.3, -0.25) is 4.57 Å². The predicted octanol–water partition coefficient (Wildman–Crippen LogP) is 10.0. The lowest BCUT2D eigenvalue weighted by atomic mass is 9.75. The Morgan fingerprint density at radius 2 is 1.24 bits per heavy atom. The van der Waals surface area contributed by atoms with Gasteiger partial charge >= 0.3 is 0 Å². The summed E-state index contributed by atoms with van der Waals surface area (Å²) < 4.78 is 4.45. The van der Waals surface area contributed by atoms with Crippen LogP contribution in [0.1, 0.15) is 19.8 Å². The maximum atomic E-state index is 11.5. The van der Waals surface area contributed by atoms with Gasteiger partial charge in [-0.1, -0.05) is 133 Å². The fraction of sp³-hybridized carbons (Fsp3) is 0.0652. The summed E-state index contributed by atoms with van der Waals surface area (Å²) in [7, 11) is 18.8. The van der Waals surface area contributed by atoms with E-state index in [1.54, 1.807) is 6.92 Å². The molecule has 6 radical (unpaired) electrons. The number of aliphatic hydroxyl groups excluding tert-OH is 1. The van der Waals surface area contributed by atoms with Crippen molar-refractivity contribution in [1.82, 2.24) is 24.1 Å². The molecule has 256 valence electrons. The molecule has 0 amide bonds. The molecular weight excluding hydrogens is 671 g/mol. The maximum absolute atomic E-state index is 11.5. The third-order valence-electron chi connectivity index (χ3n) is 10.3. The summed E-state index contributed by atoms with van der Waals surface area (Å²) in [6, 6.07) is 41.1. The number of hydrogen-bond acceptors (Lipinski definition) is 4. The van der Waals surface area contributed by atoms with Gasteiger partial charge in [0.25, 0.3) is 0 Å². The summed E-state index contributed by atoms with van der Waals surface area (Å²) in [6.07, 6.45) is 5.52. The Labute approximate surface area is 322 Å². The number of hydrogen-bond donors (Lipinski definition) is 1. The van der Waals surface area contributed by atoms with Crippen LogP contribution >= 0.6 is 0 Å². The summed E-state index contributed by atoms with van der Waals surface area (Å²) in [5.74, 6) is 1.47. The number of aromatic nitrogens is 5. The molecule has 8 aromatic rings. The first-order valence-corrected chi connectivity index (χ1v) is 18.1. The number of nitrogens with zero attached hydrogens (tertiary/aromatic N) is 5. The normalized spacial score (nSPS) is 14.2. The van der Waals surface area contributed by atoms with Gasteiger partial charge in [0.15, 0.2) is 11.6 Å². The number of aliphatic hydroxyl groups is 1. The molecule has 0 saturated carbocycles. The van der Waals surface area contributed by atoms with E-state index in [9.17, 15) is 5.11 Å². The molecule has 1 aliphatic carbocycles. The fourth-order valence-corrected chi connectivity index (χ4v) is 7.79. The van der Waals surface area contributed by atoms with Crippen LogP contribution in [0.3, 0.4) is 0 Å². The predicted molar refractivity (Wildman–Crippen MR) is 228 cm³/mol. The summed E-state index contributed by atoms with van der Waals surface area (Å²) in [6.45, 7) is 5.69. The molecular formula is C46H32B3N5O. The zero-order valence-electron chi connectivity index (χ0n) is 30.2. The molecule has 3 heterocycles. The highest BCUT2D eigenvalue weighted by Gasteiger charge is 2.26. The molecule has 0 bridgehead atoms. The smallest absolute Gasteiger partial charge is 0.238 e. The average molecular weight is 703 g/mol. The van der Waals surface area contributed by atoms with Crippen molar-refractivity contribution in [3.8, 4) is 28.7 Å². The van der Waals surface area contributed by atoms with Gasteiger partial charge in [0.05, 0.1) is 22.1 Å². The van der Waals surface area contributed by atoms with Gasteiger partial charge in [-0.05, 0) is 31.0 Å². The van der Waals surface area contributed by atoms with Gasteiger partial charge < -0.3 is 9.67 Å². The Morgan fingerprint density at radius 1 is 0.655 bits per heavy atom. The molecule has 1 aliphatic rings. The Bertz CT molecular complexity index is 2930. The second-order valence-electron chi connectivity index (χ2n) is 13.7. The molecule has 6 nitrogen and oxygen atoms in total. The summed E-state index contributed by atoms with van der Waals surface area (Å²) >= 11 is 0. The molecule has 1 N–H and O–H groups in total. The van der Waals surface area contributed by atoms with E-state index in [0.717, 1.165) is 72.4 Å². The largest absolute Gasteiger partial charge is 0.508 e. The summed E-state index contributed by atoms with van der Waals surface area (Å²) in [4.78, 5) is 15.4. The minimum atomic E-state index is -0.201. The molecule has 0 saturated heterocycles. The van der Waals surface area contributed by atoms with Crippen LogP contribution in [0.15, 0.2) is 173 Å². The number of rotatable bonds is 7. The molecule has 9 heteroatoms. The average Bonchev–Trinajstić information content (AvgIpc) is 3.74.